The van der Waals surface area contributed by atoms with E-state index in [2.05, 4.69) is 49.9 Å². The van der Waals surface area contributed by atoms with Gasteiger partial charge in [-0.1, -0.05) is 39.0 Å². The Balaban J connectivity index is 2.21. The molecule has 0 aliphatic carbocycles. The van der Waals surface area contributed by atoms with Crippen molar-refractivity contribution in [2.45, 2.75) is 44.6 Å². The molecule has 0 bridgehead atoms. The first kappa shape index (κ1) is 14.4. The molecule has 0 atom stereocenters. The Labute approximate surface area is 116 Å². The molecule has 1 heterocycles. The second kappa shape index (κ2) is 5.14. The predicted octanol–water partition coefficient (Wildman–Crippen LogP) is 2.27. The van der Waals surface area contributed by atoms with Crippen LogP contribution in [0.5, 0.6) is 0 Å². The van der Waals surface area contributed by atoms with Crippen LogP contribution in [0, 0.1) is 0 Å². The second-order valence-corrected chi connectivity index (χ2v) is 6.77. The van der Waals surface area contributed by atoms with E-state index in [-0.39, 0.29) is 17.6 Å². The van der Waals surface area contributed by atoms with Crippen LogP contribution in [0.15, 0.2) is 24.3 Å². The molecule has 0 saturated carbocycles. The first-order chi connectivity index (χ1) is 8.86. The van der Waals surface area contributed by atoms with Crippen LogP contribution < -0.4 is 10.6 Å². The van der Waals surface area contributed by atoms with Crippen LogP contribution in [0.3, 0.4) is 0 Å². The van der Waals surface area contributed by atoms with Crippen LogP contribution >= 0.6 is 0 Å². The molecule has 3 heteroatoms. The molecule has 1 aliphatic rings. The van der Waals surface area contributed by atoms with Gasteiger partial charge in [0, 0.05) is 24.3 Å². The van der Waals surface area contributed by atoms with Crippen molar-refractivity contribution < 1.29 is 5.11 Å². The summed E-state index contributed by atoms with van der Waals surface area (Å²) in [6.07, 6.45) is 1.70. The van der Waals surface area contributed by atoms with Gasteiger partial charge >= 0.3 is 0 Å². The topological polar surface area (TPSA) is 49.5 Å². The lowest BCUT2D eigenvalue weighted by Gasteiger charge is -2.41. The number of hydrogen-bond acceptors (Lipinski definition) is 3. The highest BCUT2D eigenvalue weighted by Crippen LogP contribution is 2.34. The highest BCUT2D eigenvalue weighted by Gasteiger charge is 2.31. The van der Waals surface area contributed by atoms with E-state index in [4.69, 9.17) is 5.73 Å². The Bertz CT molecular complexity index is 429. The summed E-state index contributed by atoms with van der Waals surface area (Å²) < 4.78 is 0. The number of aliphatic hydroxyl groups excluding tert-OH is 1. The number of nitrogens with zero attached hydrogens (tertiary/aromatic N) is 1. The molecule has 1 saturated heterocycles. The van der Waals surface area contributed by atoms with Gasteiger partial charge in [-0.2, -0.15) is 0 Å². The lowest BCUT2D eigenvalue weighted by Crippen LogP contribution is -2.53. The van der Waals surface area contributed by atoms with Gasteiger partial charge in [0.25, 0.3) is 0 Å². The van der Waals surface area contributed by atoms with Crippen molar-refractivity contribution in [1.29, 1.82) is 0 Å². The molecule has 19 heavy (non-hydrogen) atoms. The van der Waals surface area contributed by atoms with E-state index >= 15 is 0 Å². The average molecular weight is 262 g/mol. The molecule has 2 rings (SSSR count). The van der Waals surface area contributed by atoms with Crippen molar-refractivity contribution >= 4 is 5.69 Å². The maximum Gasteiger partial charge on any atom is 0.0612 e. The van der Waals surface area contributed by atoms with Crippen LogP contribution in [-0.2, 0) is 5.41 Å². The largest absolute Gasteiger partial charge is 0.394 e. The Morgan fingerprint density at radius 1 is 1.21 bits per heavy atom. The minimum absolute atomic E-state index is 0.0851. The SMILES string of the molecule is CC(C)(C)c1ccccc1N1CCC(N)(CO)CC1. The minimum Gasteiger partial charge on any atom is -0.394 e. The molecule has 0 amide bonds. The summed E-state index contributed by atoms with van der Waals surface area (Å²) in [6.45, 7) is 8.67. The van der Waals surface area contributed by atoms with E-state index in [1.807, 2.05) is 0 Å². The fourth-order valence-electron chi connectivity index (χ4n) is 2.73. The quantitative estimate of drug-likeness (QED) is 0.859. The maximum atomic E-state index is 9.35. The fourth-order valence-corrected chi connectivity index (χ4v) is 2.73. The molecule has 0 radical (unpaired) electrons. The van der Waals surface area contributed by atoms with Crippen molar-refractivity contribution in [3.8, 4) is 0 Å². The Morgan fingerprint density at radius 2 is 1.79 bits per heavy atom. The van der Waals surface area contributed by atoms with Gasteiger partial charge in [0.15, 0.2) is 0 Å². The number of benzene rings is 1. The number of para-hydroxylation sites is 1. The maximum absolute atomic E-state index is 9.35. The molecule has 0 spiro atoms. The van der Waals surface area contributed by atoms with Crippen LogP contribution in [0.25, 0.3) is 0 Å². The molecule has 3 nitrogen and oxygen atoms in total. The number of anilines is 1. The third kappa shape index (κ3) is 3.10. The van der Waals surface area contributed by atoms with Crippen LogP contribution in [0.4, 0.5) is 5.69 Å². The number of rotatable bonds is 2. The molecular formula is C16H26N2O. The van der Waals surface area contributed by atoms with Crippen molar-refractivity contribution in [3.63, 3.8) is 0 Å². The highest BCUT2D eigenvalue weighted by atomic mass is 16.3. The van der Waals surface area contributed by atoms with Gasteiger partial charge in [0.1, 0.15) is 0 Å². The van der Waals surface area contributed by atoms with E-state index < -0.39 is 0 Å². The lowest BCUT2D eigenvalue weighted by atomic mass is 9.84. The highest BCUT2D eigenvalue weighted by molar-refractivity contribution is 5.56. The molecule has 1 fully saturated rings. The summed E-state index contributed by atoms with van der Waals surface area (Å²) in [5.41, 5.74) is 8.60. The predicted molar refractivity (Wildman–Crippen MR) is 80.6 cm³/mol. The molecule has 0 unspecified atom stereocenters. The zero-order valence-corrected chi connectivity index (χ0v) is 12.3. The molecule has 1 aliphatic heterocycles. The zero-order chi connectivity index (χ0) is 14.1. The molecule has 106 valence electrons. The van der Waals surface area contributed by atoms with Crippen molar-refractivity contribution in [3.05, 3.63) is 29.8 Å². The van der Waals surface area contributed by atoms with Gasteiger partial charge in [-0.3, -0.25) is 0 Å². The van der Waals surface area contributed by atoms with E-state index in [9.17, 15) is 5.11 Å². The molecule has 1 aromatic carbocycles. The fraction of sp³-hybridized carbons (Fsp3) is 0.625. The van der Waals surface area contributed by atoms with Gasteiger partial charge in [0.2, 0.25) is 0 Å². The number of nitrogens with two attached hydrogens (primary N) is 1. The first-order valence-corrected chi connectivity index (χ1v) is 7.10. The van der Waals surface area contributed by atoms with Crippen LogP contribution in [0.2, 0.25) is 0 Å². The third-order valence-corrected chi connectivity index (χ3v) is 4.13. The molecule has 0 aromatic heterocycles. The first-order valence-electron chi connectivity index (χ1n) is 7.10. The van der Waals surface area contributed by atoms with Crippen LogP contribution in [-0.4, -0.2) is 30.3 Å². The number of hydrogen-bond donors (Lipinski definition) is 2. The van der Waals surface area contributed by atoms with Crippen molar-refractivity contribution in [1.82, 2.24) is 0 Å². The van der Waals surface area contributed by atoms with Gasteiger partial charge in [-0.05, 0) is 29.9 Å². The van der Waals surface area contributed by atoms with Gasteiger partial charge in [-0.25, -0.2) is 0 Å². The van der Waals surface area contributed by atoms with E-state index in [1.54, 1.807) is 0 Å². The van der Waals surface area contributed by atoms with Crippen LogP contribution in [0.1, 0.15) is 39.2 Å². The van der Waals surface area contributed by atoms with Crippen molar-refractivity contribution in [2.75, 3.05) is 24.6 Å². The number of aliphatic hydroxyl groups is 1. The zero-order valence-electron chi connectivity index (χ0n) is 12.3. The lowest BCUT2D eigenvalue weighted by molar-refractivity contribution is 0.170. The van der Waals surface area contributed by atoms with E-state index in [0.717, 1.165) is 25.9 Å². The Kier molecular flexibility index (Phi) is 3.88. The summed E-state index contributed by atoms with van der Waals surface area (Å²) in [5.74, 6) is 0. The monoisotopic (exact) mass is 262 g/mol. The van der Waals surface area contributed by atoms with E-state index in [0.29, 0.717) is 0 Å². The summed E-state index contributed by atoms with van der Waals surface area (Å²) >= 11 is 0. The van der Waals surface area contributed by atoms with Gasteiger partial charge < -0.3 is 15.7 Å². The number of piperidine rings is 1. The van der Waals surface area contributed by atoms with E-state index in [1.165, 1.54) is 11.3 Å². The summed E-state index contributed by atoms with van der Waals surface area (Å²) in [7, 11) is 0. The summed E-state index contributed by atoms with van der Waals surface area (Å²) in [4.78, 5) is 2.40. The molecule has 3 N–H and O–H groups in total. The second-order valence-electron chi connectivity index (χ2n) is 6.77. The minimum atomic E-state index is -0.382. The Morgan fingerprint density at radius 3 is 2.32 bits per heavy atom. The average Bonchev–Trinajstić information content (AvgIpc) is 2.39. The molecular weight excluding hydrogens is 236 g/mol. The normalized spacial score (nSPS) is 19.5. The summed E-state index contributed by atoms with van der Waals surface area (Å²) in [5, 5.41) is 9.35. The van der Waals surface area contributed by atoms with Crippen molar-refractivity contribution in [2.24, 2.45) is 5.73 Å². The summed E-state index contributed by atoms with van der Waals surface area (Å²) in [6, 6.07) is 8.62. The Hall–Kier alpha value is -1.06. The standard InChI is InChI=1S/C16H26N2O/c1-15(2,3)13-6-4-5-7-14(13)18-10-8-16(17,12-19)9-11-18/h4-7,19H,8-12,17H2,1-3H3. The molecule has 1 aromatic rings. The third-order valence-electron chi connectivity index (χ3n) is 4.13. The van der Waals surface area contributed by atoms with Gasteiger partial charge in [0.05, 0.1) is 6.61 Å². The van der Waals surface area contributed by atoms with Gasteiger partial charge in [-0.15, -0.1) is 0 Å². The smallest absolute Gasteiger partial charge is 0.0612 e.